The Morgan fingerprint density at radius 1 is 1.20 bits per heavy atom. The Balaban J connectivity index is 1.39. The van der Waals surface area contributed by atoms with E-state index in [-0.39, 0.29) is 38.3 Å². The van der Waals surface area contributed by atoms with Gasteiger partial charge in [-0.05, 0) is 52.0 Å². The van der Waals surface area contributed by atoms with Crippen molar-refractivity contribution in [3.05, 3.63) is 33.9 Å². The van der Waals surface area contributed by atoms with Crippen LogP contribution in [-0.2, 0) is 38.2 Å². The molecule has 0 amide bonds. The second-order valence-corrected chi connectivity index (χ2v) is 12.5. The van der Waals surface area contributed by atoms with Crippen LogP contribution in [0.4, 0.5) is 4.39 Å². The number of hydrogen-bond acceptors (Lipinski definition) is 11. The van der Waals surface area contributed by atoms with E-state index in [0.717, 1.165) is 0 Å². The lowest BCUT2D eigenvalue weighted by Gasteiger charge is -2.62. The lowest BCUT2D eigenvalue weighted by molar-refractivity contribution is -0.758. The van der Waals surface area contributed by atoms with Gasteiger partial charge >= 0.3 is 5.97 Å². The van der Waals surface area contributed by atoms with Crippen molar-refractivity contribution in [1.29, 1.82) is 0 Å². The van der Waals surface area contributed by atoms with E-state index in [4.69, 9.17) is 18.9 Å². The summed E-state index contributed by atoms with van der Waals surface area (Å²) >= 11 is 0. The van der Waals surface area contributed by atoms with Crippen LogP contribution >= 0.6 is 0 Å². The number of aliphatic hydroxyl groups excluding tert-OH is 1. The highest BCUT2D eigenvalue weighted by Crippen LogP contribution is 2.71. The maximum atomic E-state index is 17.4. The van der Waals surface area contributed by atoms with Crippen LogP contribution in [0, 0.1) is 32.8 Å². The van der Waals surface area contributed by atoms with Gasteiger partial charge < -0.3 is 28.9 Å². The molecule has 8 atom stereocenters. The molecule has 1 N–H and O–H groups in total. The number of aliphatic hydroxyl groups is 1. The summed E-state index contributed by atoms with van der Waals surface area (Å²) in [5.74, 6) is -3.82. The van der Waals surface area contributed by atoms with Crippen molar-refractivity contribution in [3.8, 4) is 0 Å². The number of nitrogens with zero attached hydrogens (tertiary/aromatic N) is 1. The summed E-state index contributed by atoms with van der Waals surface area (Å²) in [6.07, 6.45) is 3.18. The molecule has 12 nitrogen and oxygen atoms in total. The van der Waals surface area contributed by atoms with Crippen molar-refractivity contribution >= 4 is 17.5 Å². The fourth-order valence-electron chi connectivity index (χ4n) is 8.34. The van der Waals surface area contributed by atoms with Crippen LogP contribution in [0.3, 0.4) is 0 Å². The number of ether oxygens (including phenoxy) is 4. The fourth-order valence-corrected chi connectivity index (χ4v) is 8.34. The third kappa shape index (κ3) is 4.34. The summed E-state index contributed by atoms with van der Waals surface area (Å²) in [7, 11) is 0. The first-order chi connectivity index (χ1) is 19.1. The van der Waals surface area contributed by atoms with Crippen molar-refractivity contribution in [2.45, 2.75) is 82.6 Å². The minimum Gasteiger partial charge on any atom is -0.456 e. The summed E-state index contributed by atoms with van der Waals surface area (Å²) in [6.45, 7) is 5.05. The fraction of sp³-hybridized carbons (Fsp3) is 0.750. The van der Waals surface area contributed by atoms with E-state index in [0.29, 0.717) is 12.0 Å². The zero-order valence-corrected chi connectivity index (χ0v) is 23.6. The van der Waals surface area contributed by atoms with Crippen LogP contribution in [0.15, 0.2) is 23.8 Å². The second kappa shape index (κ2) is 9.92. The summed E-state index contributed by atoms with van der Waals surface area (Å²) in [5, 5.41) is 20.8. The molecular weight excluding hydrogens is 545 g/mol. The third-order valence-corrected chi connectivity index (χ3v) is 10.0. The number of fused-ring (bicyclic) bond motifs is 7. The number of Topliss-reactive ketones (excluding diaryl/α,β-unsaturated/α-hetero) is 1. The van der Waals surface area contributed by atoms with E-state index < -0.39 is 82.0 Å². The third-order valence-electron chi connectivity index (χ3n) is 10.0. The zero-order valence-electron chi connectivity index (χ0n) is 23.6. The van der Waals surface area contributed by atoms with E-state index in [1.165, 1.54) is 6.08 Å². The Hall–Kier alpha value is -2.74. The van der Waals surface area contributed by atoms with Crippen LogP contribution in [-0.4, -0.2) is 83.4 Å². The van der Waals surface area contributed by atoms with Gasteiger partial charge in [0.1, 0.15) is 13.2 Å². The first-order valence-electron chi connectivity index (χ1n) is 13.8. The Morgan fingerprint density at radius 3 is 2.63 bits per heavy atom. The molecule has 13 heteroatoms. The SMILES string of the molecule is CC1(C)O[C@@H]2C[C@H]3C4CC=C5CC(=O)C=C[C@]5(C)[C@@]4(F)[C@@H](O)C[C@]3(C)[C@]2(C(=O)COC(=O)COCCO[N+](=O)[O-])O1. The zero-order chi connectivity index (χ0) is 30.0. The van der Waals surface area contributed by atoms with E-state index in [2.05, 4.69) is 4.84 Å². The molecule has 0 spiro atoms. The van der Waals surface area contributed by atoms with Crippen molar-refractivity contribution in [1.82, 2.24) is 0 Å². The first-order valence-corrected chi connectivity index (χ1v) is 13.8. The number of alkyl halides is 1. The molecule has 0 aromatic carbocycles. The second-order valence-electron chi connectivity index (χ2n) is 12.5. The van der Waals surface area contributed by atoms with Gasteiger partial charge in [0.2, 0.25) is 5.78 Å². The van der Waals surface area contributed by atoms with Crippen LogP contribution in [0.25, 0.3) is 0 Å². The topological polar surface area (TPSA) is 161 Å². The highest BCUT2D eigenvalue weighted by Gasteiger charge is 2.80. The number of carbonyl (C=O) groups excluding carboxylic acids is 3. The Kier molecular flexibility index (Phi) is 7.20. The van der Waals surface area contributed by atoms with Crippen molar-refractivity contribution in [2.24, 2.45) is 22.7 Å². The van der Waals surface area contributed by atoms with Crippen LogP contribution in [0.1, 0.15) is 53.4 Å². The molecular formula is C28H36FNO11. The largest absolute Gasteiger partial charge is 0.456 e. The first kappa shape index (κ1) is 29.7. The molecule has 5 rings (SSSR count). The standard InChI is InChI=1S/C28H36FNO11/c1-24(2)40-22-12-19-18-6-5-16-11-17(31)7-8-25(16,3)27(18,29)20(32)13-26(19,4)28(22,41-24)21(33)14-38-23(34)15-37-9-10-39-30(35)36/h5,7-8,18-20,22,32H,6,9-15H2,1-4H3/t18?,19-,20-,22+,25-,26-,27-,28+/m0/s1. The highest BCUT2D eigenvalue weighted by molar-refractivity contribution is 5.94. The van der Waals surface area contributed by atoms with Gasteiger partial charge in [-0.25, -0.2) is 9.18 Å². The van der Waals surface area contributed by atoms with Crippen molar-refractivity contribution in [2.75, 3.05) is 26.4 Å². The average Bonchev–Trinajstić information content (AvgIpc) is 3.29. The number of carbonyl (C=O) groups is 3. The van der Waals surface area contributed by atoms with Gasteiger partial charge in [-0.3, -0.25) is 9.59 Å². The number of esters is 1. The maximum Gasteiger partial charge on any atom is 0.332 e. The molecule has 41 heavy (non-hydrogen) atoms. The van der Waals surface area contributed by atoms with E-state index in [9.17, 15) is 29.6 Å². The molecule has 2 saturated carbocycles. The van der Waals surface area contributed by atoms with E-state index in [1.54, 1.807) is 26.8 Å². The molecule has 1 saturated heterocycles. The van der Waals surface area contributed by atoms with Gasteiger partial charge in [0.15, 0.2) is 29.4 Å². The lowest BCUT2D eigenvalue weighted by Crippen LogP contribution is -2.69. The number of ketones is 2. The molecule has 0 bridgehead atoms. The van der Waals surface area contributed by atoms with Gasteiger partial charge in [0.05, 0.1) is 18.8 Å². The molecule has 1 heterocycles. The average molecular weight is 582 g/mol. The number of rotatable bonds is 9. The molecule has 0 aromatic rings. The Morgan fingerprint density at radius 2 is 1.93 bits per heavy atom. The molecule has 3 fully saturated rings. The van der Waals surface area contributed by atoms with Crippen molar-refractivity contribution in [3.63, 3.8) is 0 Å². The monoisotopic (exact) mass is 581 g/mol. The summed E-state index contributed by atoms with van der Waals surface area (Å²) in [4.78, 5) is 52.6. The molecule has 0 aromatic heterocycles. The van der Waals surface area contributed by atoms with E-state index in [1.807, 2.05) is 13.0 Å². The Labute approximate surface area is 236 Å². The molecule has 5 aliphatic rings. The highest BCUT2D eigenvalue weighted by atomic mass is 19.1. The normalized spacial score (nSPS) is 41.9. The quantitative estimate of drug-likeness (QED) is 0.140. The minimum absolute atomic E-state index is 0.101. The summed E-state index contributed by atoms with van der Waals surface area (Å²) in [5.41, 5.74) is -5.29. The number of hydrogen-bond donors (Lipinski definition) is 1. The number of allylic oxidation sites excluding steroid dienone is 4. The molecule has 226 valence electrons. The van der Waals surface area contributed by atoms with Crippen LogP contribution in [0.2, 0.25) is 0 Å². The smallest absolute Gasteiger partial charge is 0.332 e. The van der Waals surface area contributed by atoms with Gasteiger partial charge in [0.25, 0.3) is 5.09 Å². The molecule has 1 unspecified atom stereocenters. The van der Waals surface area contributed by atoms with Gasteiger partial charge in [0, 0.05) is 23.2 Å². The number of halogens is 1. The van der Waals surface area contributed by atoms with Crippen molar-refractivity contribution < 1.29 is 52.8 Å². The lowest BCUT2D eigenvalue weighted by atomic mass is 9.45. The van der Waals surface area contributed by atoms with Gasteiger partial charge in [-0.15, -0.1) is 10.1 Å². The molecule has 0 radical (unpaired) electrons. The minimum atomic E-state index is -2.08. The Bertz CT molecular complexity index is 1220. The maximum absolute atomic E-state index is 17.4. The summed E-state index contributed by atoms with van der Waals surface area (Å²) < 4.78 is 40.2. The van der Waals surface area contributed by atoms with Gasteiger partial charge in [-0.1, -0.05) is 24.6 Å². The summed E-state index contributed by atoms with van der Waals surface area (Å²) in [6, 6.07) is 0. The van der Waals surface area contributed by atoms with Crippen LogP contribution in [0.5, 0.6) is 0 Å². The van der Waals surface area contributed by atoms with E-state index >= 15 is 4.39 Å². The van der Waals surface area contributed by atoms with Crippen LogP contribution < -0.4 is 0 Å². The predicted molar refractivity (Wildman–Crippen MR) is 136 cm³/mol. The predicted octanol–water partition coefficient (Wildman–Crippen LogP) is 2.19. The molecule has 4 aliphatic carbocycles. The van der Waals surface area contributed by atoms with Gasteiger partial charge in [-0.2, -0.15) is 0 Å². The molecule has 1 aliphatic heterocycles.